The predicted molar refractivity (Wildman–Crippen MR) is 247 cm³/mol. The second-order valence-corrected chi connectivity index (χ2v) is 17.8. The van der Waals surface area contributed by atoms with Gasteiger partial charge in [-0.05, 0) is 19.3 Å². The van der Waals surface area contributed by atoms with E-state index in [0.717, 1.165) is 57.8 Å². The van der Waals surface area contributed by atoms with Crippen LogP contribution in [0.25, 0.3) is 0 Å². The number of rotatable bonds is 48. The predicted octanol–water partition coefficient (Wildman–Crippen LogP) is 16.8. The number of hydrogen-bond donors (Lipinski definition) is 0. The Kier molecular flexibility index (Phi) is 46.8. The van der Waals surface area contributed by atoms with Crippen molar-refractivity contribution in [1.82, 2.24) is 0 Å². The van der Waals surface area contributed by atoms with Gasteiger partial charge in [-0.1, -0.05) is 258 Å². The molecular formula is C52H100O6. The first-order chi connectivity index (χ1) is 28.5. The van der Waals surface area contributed by atoms with Gasteiger partial charge in [-0.15, -0.1) is 0 Å². The number of unbranched alkanes of at least 4 members (excludes halogenated alkanes) is 37. The third kappa shape index (κ3) is 45.5. The van der Waals surface area contributed by atoms with Crippen molar-refractivity contribution in [2.75, 3.05) is 13.2 Å². The average Bonchev–Trinajstić information content (AvgIpc) is 3.22. The highest BCUT2D eigenvalue weighted by Crippen LogP contribution is 2.17. The van der Waals surface area contributed by atoms with Gasteiger partial charge in [-0.25, -0.2) is 0 Å². The Labute approximate surface area is 361 Å². The second-order valence-electron chi connectivity index (χ2n) is 17.8. The van der Waals surface area contributed by atoms with E-state index in [1.807, 2.05) is 0 Å². The van der Waals surface area contributed by atoms with Crippen LogP contribution in [0.2, 0.25) is 0 Å². The summed E-state index contributed by atoms with van der Waals surface area (Å²) in [5, 5.41) is 0. The summed E-state index contributed by atoms with van der Waals surface area (Å²) in [5.41, 5.74) is 0. The van der Waals surface area contributed by atoms with Crippen molar-refractivity contribution in [2.24, 2.45) is 0 Å². The number of carbonyl (C=O) groups is 3. The van der Waals surface area contributed by atoms with Gasteiger partial charge in [0.2, 0.25) is 0 Å². The van der Waals surface area contributed by atoms with E-state index in [1.54, 1.807) is 0 Å². The molecule has 6 nitrogen and oxygen atoms in total. The zero-order chi connectivity index (χ0) is 42.3. The molecule has 1 atom stereocenters. The first kappa shape index (κ1) is 56.4. The molecule has 58 heavy (non-hydrogen) atoms. The lowest BCUT2D eigenvalue weighted by Crippen LogP contribution is -2.30. The third-order valence-corrected chi connectivity index (χ3v) is 11.9. The zero-order valence-electron chi connectivity index (χ0n) is 39.3. The summed E-state index contributed by atoms with van der Waals surface area (Å²) < 4.78 is 16.8. The summed E-state index contributed by atoms with van der Waals surface area (Å²) in [6, 6.07) is 0. The van der Waals surface area contributed by atoms with Crippen molar-refractivity contribution in [3.05, 3.63) is 0 Å². The van der Waals surface area contributed by atoms with Crippen LogP contribution in [0.15, 0.2) is 0 Å². The molecule has 0 N–H and O–H groups in total. The molecule has 344 valence electrons. The van der Waals surface area contributed by atoms with E-state index < -0.39 is 6.10 Å². The minimum Gasteiger partial charge on any atom is -0.462 e. The van der Waals surface area contributed by atoms with Gasteiger partial charge in [0.1, 0.15) is 13.2 Å². The highest BCUT2D eigenvalue weighted by molar-refractivity contribution is 5.71. The van der Waals surface area contributed by atoms with E-state index in [0.29, 0.717) is 19.3 Å². The fraction of sp³-hybridized carbons (Fsp3) is 0.942. The van der Waals surface area contributed by atoms with Gasteiger partial charge in [0.25, 0.3) is 0 Å². The molecule has 0 aromatic carbocycles. The summed E-state index contributed by atoms with van der Waals surface area (Å²) in [5.74, 6) is -0.844. The maximum absolute atomic E-state index is 12.8. The molecule has 0 spiro atoms. The summed E-state index contributed by atoms with van der Waals surface area (Å²) in [6.45, 7) is 6.66. The fourth-order valence-corrected chi connectivity index (χ4v) is 7.92. The molecule has 0 bridgehead atoms. The van der Waals surface area contributed by atoms with Gasteiger partial charge >= 0.3 is 17.9 Å². The number of esters is 3. The van der Waals surface area contributed by atoms with Crippen molar-refractivity contribution >= 4 is 17.9 Å². The Morgan fingerprint density at radius 1 is 0.276 bits per heavy atom. The normalized spacial score (nSPS) is 11.8. The molecular weight excluding hydrogens is 721 g/mol. The lowest BCUT2D eigenvalue weighted by molar-refractivity contribution is -0.167. The number of ether oxygens (including phenoxy) is 3. The largest absolute Gasteiger partial charge is 0.462 e. The fourth-order valence-electron chi connectivity index (χ4n) is 7.92. The van der Waals surface area contributed by atoms with Crippen LogP contribution in [0, 0.1) is 0 Å². The standard InChI is InChI=1S/C52H100O6/c1-4-7-10-13-16-19-22-23-24-25-26-27-28-29-31-34-37-40-43-46-52(55)58-49(47-56-50(53)44-41-38-35-32-21-18-15-12-9-6-3)48-57-51(54)45-42-39-36-33-30-20-17-14-11-8-5-2/h49H,4-48H2,1-3H3/t49-/m0/s1. The van der Waals surface area contributed by atoms with Crippen molar-refractivity contribution in [3.8, 4) is 0 Å². The zero-order valence-corrected chi connectivity index (χ0v) is 39.3. The van der Waals surface area contributed by atoms with Crippen LogP contribution >= 0.6 is 0 Å². The van der Waals surface area contributed by atoms with Crippen molar-refractivity contribution in [1.29, 1.82) is 0 Å². The highest BCUT2D eigenvalue weighted by Gasteiger charge is 2.19. The maximum atomic E-state index is 12.8. The molecule has 0 radical (unpaired) electrons. The van der Waals surface area contributed by atoms with Crippen LogP contribution in [-0.4, -0.2) is 37.2 Å². The van der Waals surface area contributed by atoms with E-state index >= 15 is 0 Å². The summed E-state index contributed by atoms with van der Waals surface area (Å²) >= 11 is 0. The van der Waals surface area contributed by atoms with E-state index in [-0.39, 0.29) is 31.1 Å². The van der Waals surface area contributed by atoms with Gasteiger partial charge in [0.15, 0.2) is 6.10 Å². The lowest BCUT2D eigenvalue weighted by Gasteiger charge is -2.18. The van der Waals surface area contributed by atoms with Crippen LogP contribution < -0.4 is 0 Å². The highest BCUT2D eigenvalue weighted by atomic mass is 16.6. The van der Waals surface area contributed by atoms with Crippen molar-refractivity contribution in [3.63, 3.8) is 0 Å². The molecule has 0 heterocycles. The molecule has 0 saturated heterocycles. The van der Waals surface area contributed by atoms with Crippen LogP contribution in [0.3, 0.4) is 0 Å². The maximum Gasteiger partial charge on any atom is 0.306 e. The Morgan fingerprint density at radius 2 is 0.466 bits per heavy atom. The van der Waals surface area contributed by atoms with Crippen molar-refractivity contribution in [2.45, 2.75) is 303 Å². The van der Waals surface area contributed by atoms with E-state index in [4.69, 9.17) is 14.2 Å². The van der Waals surface area contributed by atoms with Crippen LogP contribution in [0.5, 0.6) is 0 Å². The Balaban J connectivity index is 4.23. The van der Waals surface area contributed by atoms with Gasteiger partial charge in [-0.2, -0.15) is 0 Å². The molecule has 0 aliphatic rings. The third-order valence-electron chi connectivity index (χ3n) is 11.9. The Morgan fingerprint density at radius 3 is 0.690 bits per heavy atom. The van der Waals surface area contributed by atoms with Gasteiger partial charge in [0.05, 0.1) is 0 Å². The molecule has 0 aromatic heterocycles. The van der Waals surface area contributed by atoms with Crippen LogP contribution in [0.4, 0.5) is 0 Å². The first-order valence-corrected chi connectivity index (χ1v) is 26.0. The molecule has 6 heteroatoms. The van der Waals surface area contributed by atoms with E-state index in [9.17, 15) is 14.4 Å². The lowest BCUT2D eigenvalue weighted by atomic mass is 10.0. The second kappa shape index (κ2) is 48.1. The molecule has 0 unspecified atom stereocenters. The minimum atomic E-state index is -0.759. The topological polar surface area (TPSA) is 78.9 Å². The average molecular weight is 821 g/mol. The van der Waals surface area contributed by atoms with E-state index in [1.165, 1.54) is 199 Å². The minimum absolute atomic E-state index is 0.0622. The molecule has 0 fully saturated rings. The van der Waals surface area contributed by atoms with Crippen LogP contribution in [0.1, 0.15) is 297 Å². The quantitative estimate of drug-likeness (QED) is 0.0346. The molecule has 0 aliphatic carbocycles. The molecule has 0 aromatic rings. The molecule has 0 aliphatic heterocycles. The molecule has 0 saturated carbocycles. The van der Waals surface area contributed by atoms with Gasteiger partial charge in [0, 0.05) is 19.3 Å². The Hall–Kier alpha value is -1.59. The summed E-state index contributed by atoms with van der Waals surface area (Å²) in [6.07, 6.45) is 50.9. The van der Waals surface area contributed by atoms with Gasteiger partial charge < -0.3 is 14.2 Å². The molecule has 0 rings (SSSR count). The monoisotopic (exact) mass is 821 g/mol. The SMILES string of the molecule is CCCCCCCCCCCCCCCCCCCCCC(=O)O[C@@H](COC(=O)CCCCCCCCCCCC)COC(=O)CCCCCCCCCCCCC. The Bertz CT molecular complexity index is 859. The molecule has 0 amide bonds. The van der Waals surface area contributed by atoms with Crippen molar-refractivity contribution < 1.29 is 28.6 Å². The number of carbonyl (C=O) groups excluding carboxylic acids is 3. The van der Waals surface area contributed by atoms with Gasteiger partial charge in [-0.3, -0.25) is 14.4 Å². The van der Waals surface area contributed by atoms with Crippen LogP contribution in [-0.2, 0) is 28.6 Å². The summed E-state index contributed by atoms with van der Waals surface area (Å²) in [7, 11) is 0. The summed E-state index contributed by atoms with van der Waals surface area (Å²) in [4.78, 5) is 37.8. The number of hydrogen-bond acceptors (Lipinski definition) is 6. The first-order valence-electron chi connectivity index (χ1n) is 26.0. The van der Waals surface area contributed by atoms with E-state index in [2.05, 4.69) is 20.8 Å². The smallest absolute Gasteiger partial charge is 0.306 e.